The maximum atomic E-state index is 6.55. The average Bonchev–Trinajstić information content (AvgIpc) is 3.33. The molecule has 0 bridgehead atoms. The topological polar surface area (TPSA) is 16.4 Å². The van der Waals surface area contributed by atoms with Crippen molar-refractivity contribution in [3.63, 3.8) is 0 Å². The van der Waals surface area contributed by atoms with Gasteiger partial charge in [-0.2, -0.15) is 0 Å². The van der Waals surface area contributed by atoms with Crippen LogP contribution in [0.5, 0.6) is 0 Å². The molecule has 7 rings (SSSR count). The van der Waals surface area contributed by atoms with Crippen LogP contribution in [0.4, 0.5) is 17.1 Å². The van der Waals surface area contributed by atoms with Gasteiger partial charge in [0.1, 0.15) is 11.2 Å². The molecule has 0 aliphatic rings. The molecule has 1 aromatic heterocycles. The van der Waals surface area contributed by atoms with Gasteiger partial charge in [-0.3, -0.25) is 0 Å². The molecule has 176 valence electrons. The molecule has 0 fully saturated rings. The van der Waals surface area contributed by atoms with Crippen molar-refractivity contribution in [2.45, 2.75) is 0 Å². The second kappa shape index (κ2) is 8.85. The largest absolute Gasteiger partial charge is 0.455 e. The third kappa shape index (κ3) is 3.66. The van der Waals surface area contributed by atoms with E-state index in [0.717, 1.165) is 65.9 Å². The van der Waals surface area contributed by atoms with E-state index in [9.17, 15) is 0 Å². The van der Waals surface area contributed by atoms with E-state index in [-0.39, 0.29) is 0 Å². The summed E-state index contributed by atoms with van der Waals surface area (Å²) in [5, 5.41) is 5.12. The van der Waals surface area contributed by atoms with Crippen LogP contribution in [0, 0.1) is 0 Å². The molecule has 0 amide bonds. The zero-order valence-corrected chi connectivity index (χ0v) is 20.7. The molecule has 0 saturated carbocycles. The molecular formula is C34H22ClNO. The lowest BCUT2D eigenvalue weighted by molar-refractivity contribution is 0.673. The number of furan rings is 1. The van der Waals surface area contributed by atoms with E-state index < -0.39 is 0 Å². The van der Waals surface area contributed by atoms with E-state index in [1.54, 1.807) is 0 Å². The number of anilines is 3. The monoisotopic (exact) mass is 495 g/mol. The number of halogens is 1. The van der Waals surface area contributed by atoms with Crippen LogP contribution in [0.3, 0.4) is 0 Å². The fourth-order valence-corrected chi connectivity index (χ4v) is 5.45. The second-order valence-electron chi connectivity index (χ2n) is 9.12. The van der Waals surface area contributed by atoms with Crippen molar-refractivity contribution in [3.8, 4) is 11.1 Å². The summed E-state index contributed by atoms with van der Waals surface area (Å²) >= 11 is 6.50. The first kappa shape index (κ1) is 21.7. The molecule has 7 aromatic rings. The van der Waals surface area contributed by atoms with Gasteiger partial charge in [-0.05, 0) is 54.1 Å². The van der Waals surface area contributed by atoms with E-state index in [1.165, 1.54) is 0 Å². The summed E-state index contributed by atoms with van der Waals surface area (Å²) in [6.07, 6.45) is 0. The van der Waals surface area contributed by atoms with Crippen LogP contribution in [-0.4, -0.2) is 0 Å². The molecule has 3 heteroatoms. The Bertz CT molecular complexity index is 1850. The molecular weight excluding hydrogens is 474 g/mol. The highest BCUT2D eigenvalue weighted by Gasteiger charge is 2.20. The second-order valence-corrected chi connectivity index (χ2v) is 9.52. The third-order valence-corrected chi connectivity index (χ3v) is 7.24. The fourth-order valence-electron chi connectivity index (χ4n) is 5.21. The number of hydrogen-bond donors (Lipinski definition) is 0. The van der Waals surface area contributed by atoms with Crippen molar-refractivity contribution >= 4 is 61.4 Å². The van der Waals surface area contributed by atoms with Crippen molar-refractivity contribution in [1.29, 1.82) is 0 Å². The van der Waals surface area contributed by atoms with Crippen LogP contribution >= 0.6 is 11.6 Å². The highest BCUT2D eigenvalue weighted by atomic mass is 35.5. The van der Waals surface area contributed by atoms with Gasteiger partial charge in [0.25, 0.3) is 0 Å². The quantitative estimate of drug-likeness (QED) is 0.241. The molecule has 0 aliphatic heterocycles. The van der Waals surface area contributed by atoms with E-state index in [2.05, 4.69) is 102 Å². The van der Waals surface area contributed by atoms with E-state index in [4.69, 9.17) is 16.0 Å². The standard InChI is InChI=1S/C34H22ClNO/c35-31-18-10-9-15-26(31)23-19-20-28-30-22-32(27-16-7-8-17-29(27)34(30)37-33(28)21-23)36(24-11-3-1-4-12-24)25-13-5-2-6-14-25/h1-22H. The van der Waals surface area contributed by atoms with Crippen LogP contribution in [0.25, 0.3) is 43.8 Å². The molecule has 0 radical (unpaired) electrons. The minimum atomic E-state index is 0.729. The molecule has 2 nitrogen and oxygen atoms in total. The summed E-state index contributed by atoms with van der Waals surface area (Å²) in [4.78, 5) is 2.32. The Morgan fingerprint density at radius 3 is 1.84 bits per heavy atom. The van der Waals surface area contributed by atoms with Crippen molar-refractivity contribution in [1.82, 2.24) is 0 Å². The molecule has 0 saturated heterocycles. The SMILES string of the molecule is Clc1ccccc1-c1ccc2c(c1)oc1c3ccccc3c(N(c3ccccc3)c3ccccc3)cc21. The lowest BCUT2D eigenvalue weighted by Crippen LogP contribution is -2.10. The van der Waals surface area contributed by atoms with Crippen LogP contribution < -0.4 is 4.90 Å². The van der Waals surface area contributed by atoms with Crippen LogP contribution in [0.2, 0.25) is 5.02 Å². The summed E-state index contributed by atoms with van der Waals surface area (Å²) in [6, 6.07) is 46.0. The first-order valence-corrected chi connectivity index (χ1v) is 12.7. The Morgan fingerprint density at radius 1 is 0.514 bits per heavy atom. The molecule has 6 aromatic carbocycles. The first-order valence-electron chi connectivity index (χ1n) is 12.3. The number of para-hydroxylation sites is 2. The average molecular weight is 496 g/mol. The van der Waals surface area contributed by atoms with Crippen molar-refractivity contribution in [2.24, 2.45) is 0 Å². The van der Waals surface area contributed by atoms with Crippen LogP contribution in [0.15, 0.2) is 138 Å². The maximum absolute atomic E-state index is 6.55. The molecule has 0 unspecified atom stereocenters. The van der Waals surface area contributed by atoms with Crippen LogP contribution in [0.1, 0.15) is 0 Å². The summed E-state index contributed by atoms with van der Waals surface area (Å²) in [5.74, 6) is 0. The summed E-state index contributed by atoms with van der Waals surface area (Å²) in [6.45, 7) is 0. The van der Waals surface area contributed by atoms with Crippen LogP contribution in [-0.2, 0) is 0 Å². The Hall–Kier alpha value is -4.53. The van der Waals surface area contributed by atoms with Gasteiger partial charge in [-0.25, -0.2) is 0 Å². The number of fused-ring (bicyclic) bond motifs is 5. The Morgan fingerprint density at radius 2 is 1.14 bits per heavy atom. The highest BCUT2D eigenvalue weighted by Crippen LogP contribution is 2.44. The molecule has 0 N–H and O–H groups in total. The van der Waals surface area contributed by atoms with Gasteiger partial charge in [0.05, 0.1) is 5.69 Å². The molecule has 1 heterocycles. The third-order valence-electron chi connectivity index (χ3n) is 6.91. The predicted molar refractivity (Wildman–Crippen MR) is 156 cm³/mol. The van der Waals surface area contributed by atoms with Gasteiger partial charge in [0, 0.05) is 43.5 Å². The first-order chi connectivity index (χ1) is 18.3. The van der Waals surface area contributed by atoms with Gasteiger partial charge in [0.15, 0.2) is 0 Å². The molecule has 0 atom stereocenters. The van der Waals surface area contributed by atoms with Crippen molar-refractivity contribution < 1.29 is 4.42 Å². The summed E-state index contributed by atoms with van der Waals surface area (Å²) in [5.41, 5.74) is 7.10. The molecule has 37 heavy (non-hydrogen) atoms. The molecule has 0 aliphatic carbocycles. The van der Waals surface area contributed by atoms with Crippen molar-refractivity contribution in [2.75, 3.05) is 4.90 Å². The Labute approximate surface area is 220 Å². The van der Waals surface area contributed by atoms with E-state index >= 15 is 0 Å². The van der Waals surface area contributed by atoms with Crippen molar-refractivity contribution in [3.05, 3.63) is 138 Å². The van der Waals surface area contributed by atoms with Gasteiger partial charge in [-0.15, -0.1) is 0 Å². The van der Waals surface area contributed by atoms with Gasteiger partial charge < -0.3 is 9.32 Å². The number of nitrogens with zero attached hydrogens (tertiary/aromatic N) is 1. The number of benzene rings is 6. The highest BCUT2D eigenvalue weighted by molar-refractivity contribution is 6.33. The number of rotatable bonds is 4. The number of hydrogen-bond acceptors (Lipinski definition) is 2. The predicted octanol–water partition coefficient (Wildman–Crippen LogP) is 10.5. The Balaban J connectivity index is 1.53. The minimum Gasteiger partial charge on any atom is -0.455 e. The molecule has 0 spiro atoms. The van der Waals surface area contributed by atoms with E-state index in [0.29, 0.717) is 0 Å². The van der Waals surface area contributed by atoms with Gasteiger partial charge in [0.2, 0.25) is 0 Å². The zero-order valence-electron chi connectivity index (χ0n) is 19.9. The van der Waals surface area contributed by atoms with Gasteiger partial charge >= 0.3 is 0 Å². The maximum Gasteiger partial charge on any atom is 0.143 e. The van der Waals surface area contributed by atoms with Gasteiger partial charge in [-0.1, -0.05) is 96.5 Å². The Kier molecular flexibility index (Phi) is 5.20. The fraction of sp³-hybridized carbons (Fsp3) is 0. The summed E-state index contributed by atoms with van der Waals surface area (Å²) in [7, 11) is 0. The normalized spacial score (nSPS) is 11.4. The minimum absolute atomic E-state index is 0.729. The zero-order chi connectivity index (χ0) is 24.8. The summed E-state index contributed by atoms with van der Waals surface area (Å²) < 4.78 is 6.55. The lowest BCUT2D eigenvalue weighted by Gasteiger charge is -2.27. The van der Waals surface area contributed by atoms with E-state index in [1.807, 2.05) is 36.4 Å². The lowest BCUT2D eigenvalue weighted by atomic mass is 10.0. The smallest absolute Gasteiger partial charge is 0.143 e.